The summed E-state index contributed by atoms with van der Waals surface area (Å²) in [5, 5.41) is 0.661. The molecular formula is C17H21ClN4O2. The molecule has 3 rings (SSSR count). The zero-order valence-electron chi connectivity index (χ0n) is 13.8. The van der Waals surface area contributed by atoms with Crippen molar-refractivity contribution in [2.45, 2.75) is 19.4 Å². The van der Waals surface area contributed by atoms with Crippen LogP contribution in [0, 0.1) is 6.92 Å². The van der Waals surface area contributed by atoms with E-state index in [1.807, 2.05) is 31.2 Å². The van der Waals surface area contributed by atoms with E-state index >= 15 is 0 Å². The maximum Gasteiger partial charge on any atom is 0.222 e. The lowest BCUT2D eigenvalue weighted by Gasteiger charge is -2.31. The van der Waals surface area contributed by atoms with E-state index in [4.69, 9.17) is 26.8 Å². The molecule has 1 unspecified atom stereocenters. The molecule has 1 fully saturated rings. The third kappa shape index (κ3) is 3.55. The molecule has 1 atom stereocenters. The van der Waals surface area contributed by atoms with Gasteiger partial charge in [-0.25, -0.2) is 4.98 Å². The fraction of sp³-hybridized carbons (Fsp3) is 0.412. The topological polar surface area (TPSA) is 73.5 Å². The van der Waals surface area contributed by atoms with Crippen LogP contribution in [0.15, 0.2) is 24.3 Å². The molecule has 128 valence electrons. The number of methoxy groups -OCH3 is 1. The molecule has 0 amide bonds. The smallest absolute Gasteiger partial charge is 0.222 e. The summed E-state index contributed by atoms with van der Waals surface area (Å²) in [6.07, 6.45) is 0.905. The van der Waals surface area contributed by atoms with E-state index in [2.05, 4.69) is 14.9 Å². The van der Waals surface area contributed by atoms with Crippen molar-refractivity contribution < 1.29 is 9.47 Å². The number of aromatic nitrogens is 2. The van der Waals surface area contributed by atoms with E-state index in [1.165, 1.54) is 0 Å². The lowest BCUT2D eigenvalue weighted by molar-refractivity contribution is 0.133. The zero-order valence-corrected chi connectivity index (χ0v) is 14.6. The quantitative estimate of drug-likeness (QED) is 0.919. The normalized spacial score (nSPS) is 18.3. The number of hydrogen-bond donors (Lipinski definition) is 1. The van der Waals surface area contributed by atoms with Crippen molar-refractivity contribution in [3.05, 3.63) is 40.5 Å². The summed E-state index contributed by atoms with van der Waals surface area (Å²) in [4.78, 5) is 10.8. The van der Waals surface area contributed by atoms with Crippen molar-refractivity contribution in [1.29, 1.82) is 0 Å². The van der Waals surface area contributed by atoms with Gasteiger partial charge < -0.3 is 20.1 Å². The maximum atomic E-state index is 6.22. The van der Waals surface area contributed by atoms with Crippen LogP contribution in [0.1, 0.15) is 23.7 Å². The Labute approximate surface area is 146 Å². The molecule has 7 heteroatoms. The molecule has 0 aliphatic carbocycles. The fourth-order valence-electron chi connectivity index (χ4n) is 3.00. The third-order valence-corrected chi connectivity index (χ3v) is 4.28. The highest BCUT2D eigenvalue weighted by Gasteiger charge is 2.27. The van der Waals surface area contributed by atoms with Crippen LogP contribution in [0.5, 0.6) is 5.75 Å². The van der Waals surface area contributed by atoms with E-state index in [0.717, 1.165) is 35.8 Å². The van der Waals surface area contributed by atoms with Gasteiger partial charge >= 0.3 is 0 Å². The van der Waals surface area contributed by atoms with Crippen molar-refractivity contribution in [2.24, 2.45) is 0 Å². The molecule has 2 aromatic rings. The molecule has 6 nitrogen and oxygen atoms in total. The number of nitrogen functional groups attached to an aromatic ring is 1. The first-order valence-corrected chi connectivity index (χ1v) is 8.25. The minimum Gasteiger partial charge on any atom is -0.496 e. The molecule has 1 aliphatic heterocycles. The Hall–Kier alpha value is -2.05. The second-order valence-electron chi connectivity index (χ2n) is 5.75. The van der Waals surface area contributed by atoms with E-state index in [-0.39, 0.29) is 12.0 Å². The Morgan fingerprint density at radius 3 is 2.92 bits per heavy atom. The van der Waals surface area contributed by atoms with Gasteiger partial charge in [0.1, 0.15) is 11.6 Å². The van der Waals surface area contributed by atoms with Gasteiger partial charge in [-0.05, 0) is 31.5 Å². The fourth-order valence-corrected chi connectivity index (χ4v) is 3.18. The highest BCUT2D eigenvalue weighted by Crippen LogP contribution is 2.35. The average Bonchev–Trinajstić information content (AvgIpc) is 2.79. The van der Waals surface area contributed by atoms with Gasteiger partial charge in [0, 0.05) is 35.5 Å². The summed E-state index contributed by atoms with van der Waals surface area (Å²) in [6, 6.07) is 7.49. The van der Waals surface area contributed by atoms with Crippen LogP contribution in [0.4, 0.5) is 11.8 Å². The number of ether oxygens (including phenoxy) is 2. The first kappa shape index (κ1) is 16.8. The molecule has 1 saturated heterocycles. The van der Waals surface area contributed by atoms with Crippen LogP contribution < -0.4 is 15.4 Å². The van der Waals surface area contributed by atoms with Gasteiger partial charge in [0.2, 0.25) is 5.95 Å². The Kier molecular flexibility index (Phi) is 5.06. The number of rotatable bonds is 3. The molecule has 1 aliphatic rings. The summed E-state index contributed by atoms with van der Waals surface area (Å²) in [7, 11) is 1.65. The van der Waals surface area contributed by atoms with Crippen LogP contribution in [0.2, 0.25) is 5.02 Å². The lowest BCUT2D eigenvalue weighted by atomic mass is 10.0. The maximum absolute atomic E-state index is 6.22. The number of hydrogen-bond acceptors (Lipinski definition) is 6. The standard InChI is InChI=1S/C17H21ClN4O2/c1-11-8-16(21-17(19)20-11)22-6-3-7-24-10-14(22)13-9-12(18)4-5-15(13)23-2/h4-5,8-9,14H,3,6-7,10H2,1-2H3,(H2,19,20,21). The first-order chi connectivity index (χ1) is 11.6. The van der Waals surface area contributed by atoms with Crippen molar-refractivity contribution in [3.63, 3.8) is 0 Å². The molecule has 0 bridgehead atoms. The Bertz CT molecular complexity index is 705. The molecule has 0 saturated carbocycles. The Balaban J connectivity index is 2.06. The highest BCUT2D eigenvalue weighted by atomic mass is 35.5. The van der Waals surface area contributed by atoms with Crippen molar-refractivity contribution in [1.82, 2.24) is 9.97 Å². The van der Waals surface area contributed by atoms with Gasteiger partial charge in [0.05, 0.1) is 19.8 Å². The number of anilines is 2. The largest absolute Gasteiger partial charge is 0.496 e. The zero-order chi connectivity index (χ0) is 17.1. The van der Waals surface area contributed by atoms with E-state index in [9.17, 15) is 0 Å². The third-order valence-electron chi connectivity index (χ3n) is 4.04. The van der Waals surface area contributed by atoms with E-state index in [0.29, 0.717) is 18.2 Å². The molecule has 2 heterocycles. The second kappa shape index (κ2) is 7.23. The van der Waals surface area contributed by atoms with Gasteiger partial charge in [-0.2, -0.15) is 4.98 Å². The van der Waals surface area contributed by atoms with Crippen LogP contribution in [-0.4, -0.2) is 36.8 Å². The SMILES string of the molecule is COc1ccc(Cl)cc1C1COCCCN1c1cc(C)nc(N)n1. The number of benzene rings is 1. The van der Waals surface area contributed by atoms with E-state index in [1.54, 1.807) is 7.11 Å². The Morgan fingerprint density at radius 1 is 1.33 bits per heavy atom. The van der Waals surface area contributed by atoms with Gasteiger partial charge in [-0.3, -0.25) is 0 Å². The van der Waals surface area contributed by atoms with Gasteiger partial charge in [0.25, 0.3) is 0 Å². The number of halogens is 1. The minimum atomic E-state index is -0.0603. The predicted octanol–water partition coefficient (Wildman–Crippen LogP) is 3.00. The summed E-state index contributed by atoms with van der Waals surface area (Å²) in [5.41, 5.74) is 7.65. The Morgan fingerprint density at radius 2 is 2.17 bits per heavy atom. The number of nitrogens with two attached hydrogens (primary N) is 1. The van der Waals surface area contributed by atoms with E-state index < -0.39 is 0 Å². The van der Waals surface area contributed by atoms with Crippen molar-refractivity contribution in [2.75, 3.05) is 37.5 Å². The van der Waals surface area contributed by atoms with Gasteiger partial charge in [-0.15, -0.1) is 0 Å². The summed E-state index contributed by atoms with van der Waals surface area (Å²) >= 11 is 6.22. The van der Waals surface area contributed by atoms with Crippen molar-refractivity contribution >= 4 is 23.4 Å². The monoisotopic (exact) mass is 348 g/mol. The van der Waals surface area contributed by atoms with Crippen molar-refractivity contribution in [3.8, 4) is 5.75 Å². The highest BCUT2D eigenvalue weighted by molar-refractivity contribution is 6.30. The predicted molar refractivity (Wildman–Crippen MR) is 94.7 cm³/mol. The van der Waals surface area contributed by atoms with Gasteiger partial charge in [-0.1, -0.05) is 11.6 Å². The lowest BCUT2D eigenvalue weighted by Crippen LogP contribution is -2.32. The second-order valence-corrected chi connectivity index (χ2v) is 6.19. The summed E-state index contributed by atoms with van der Waals surface area (Å²) in [6.45, 7) is 3.94. The van der Waals surface area contributed by atoms with Crippen LogP contribution in [0.3, 0.4) is 0 Å². The van der Waals surface area contributed by atoms with Crippen LogP contribution in [0.25, 0.3) is 0 Å². The average molecular weight is 349 g/mol. The molecule has 24 heavy (non-hydrogen) atoms. The minimum absolute atomic E-state index is 0.0603. The molecule has 2 N–H and O–H groups in total. The van der Waals surface area contributed by atoms with Crippen LogP contribution in [-0.2, 0) is 4.74 Å². The number of aryl methyl sites for hydroxylation is 1. The number of nitrogens with zero attached hydrogens (tertiary/aromatic N) is 3. The molecule has 0 spiro atoms. The molecule has 0 radical (unpaired) electrons. The molecular weight excluding hydrogens is 328 g/mol. The van der Waals surface area contributed by atoms with Gasteiger partial charge in [0.15, 0.2) is 0 Å². The first-order valence-electron chi connectivity index (χ1n) is 7.87. The summed E-state index contributed by atoms with van der Waals surface area (Å²) in [5.74, 6) is 1.84. The van der Waals surface area contributed by atoms with Crippen LogP contribution >= 0.6 is 11.6 Å². The molecule has 1 aromatic heterocycles. The summed E-state index contributed by atoms with van der Waals surface area (Å²) < 4.78 is 11.3. The molecule has 1 aromatic carbocycles.